The van der Waals surface area contributed by atoms with Crippen molar-refractivity contribution in [3.8, 4) is 0 Å². The van der Waals surface area contributed by atoms with Crippen molar-refractivity contribution in [2.45, 2.75) is 38.3 Å². The zero-order valence-corrected chi connectivity index (χ0v) is 16.7. The first-order chi connectivity index (χ1) is 13.5. The summed E-state index contributed by atoms with van der Waals surface area (Å²) in [7, 11) is 1.66. The molecule has 1 aromatic heterocycles. The highest BCUT2D eigenvalue weighted by Gasteiger charge is 2.46. The lowest BCUT2D eigenvalue weighted by Crippen LogP contribution is -2.25. The topological polar surface area (TPSA) is 62.7 Å². The van der Waals surface area contributed by atoms with Crippen LogP contribution in [0.15, 0.2) is 36.5 Å². The van der Waals surface area contributed by atoms with Crippen molar-refractivity contribution in [1.29, 1.82) is 0 Å². The van der Waals surface area contributed by atoms with E-state index in [9.17, 15) is 9.90 Å². The Kier molecular flexibility index (Phi) is 5.56. The molecule has 28 heavy (non-hydrogen) atoms. The summed E-state index contributed by atoms with van der Waals surface area (Å²) in [5.74, 6) is -0.314. The van der Waals surface area contributed by atoms with Gasteiger partial charge in [0.05, 0.1) is 24.4 Å². The summed E-state index contributed by atoms with van der Waals surface area (Å²) in [6.07, 6.45) is 5.10. The average molecular weight is 401 g/mol. The zero-order valence-electron chi connectivity index (χ0n) is 16.0. The second-order valence-electron chi connectivity index (χ2n) is 7.91. The van der Waals surface area contributed by atoms with E-state index >= 15 is 0 Å². The molecule has 0 amide bonds. The summed E-state index contributed by atoms with van der Waals surface area (Å²) in [6.45, 7) is 2.23. The van der Waals surface area contributed by atoms with Crippen molar-refractivity contribution < 1.29 is 14.6 Å². The number of aliphatic carboxylic acids is 1. The highest BCUT2D eigenvalue weighted by atomic mass is 35.5. The molecule has 0 aliphatic heterocycles. The SMILES string of the molecule is COCc1cc(N(Cc2ccc(Cl)cc2)CC2CC2)cnc1C1CC1C(=O)O. The summed E-state index contributed by atoms with van der Waals surface area (Å²) in [5, 5.41) is 10.0. The van der Waals surface area contributed by atoms with Gasteiger partial charge >= 0.3 is 5.97 Å². The average Bonchev–Trinajstić information content (AvgIpc) is 3.58. The van der Waals surface area contributed by atoms with E-state index in [2.05, 4.69) is 23.1 Å². The molecule has 4 rings (SSSR count). The number of benzene rings is 1. The number of hydrogen-bond donors (Lipinski definition) is 1. The summed E-state index contributed by atoms with van der Waals surface area (Å²) in [6, 6.07) is 10.1. The van der Waals surface area contributed by atoms with Gasteiger partial charge in [0.25, 0.3) is 0 Å². The number of carboxylic acids is 1. The van der Waals surface area contributed by atoms with E-state index in [1.807, 2.05) is 18.3 Å². The fourth-order valence-electron chi connectivity index (χ4n) is 3.74. The first-order valence-electron chi connectivity index (χ1n) is 9.75. The molecule has 2 unspecified atom stereocenters. The van der Waals surface area contributed by atoms with Crippen molar-refractivity contribution in [3.63, 3.8) is 0 Å². The van der Waals surface area contributed by atoms with Crippen LogP contribution in [0.1, 0.15) is 42.0 Å². The van der Waals surface area contributed by atoms with Gasteiger partial charge in [0.2, 0.25) is 0 Å². The maximum absolute atomic E-state index is 11.3. The highest BCUT2D eigenvalue weighted by molar-refractivity contribution is 6.30. The van der Waals surface area contributed by atoms with Gasteiger partial charge in [0.1, 0.15) is 0 Å². The van der Waals surface area contributed by atoms with Crippen LogP contribution < -0.4 is 4.90 Å². The molecule has 6 heteroatoms. The first-order valence-corrected chi connectivity index (χ1v) is 10.1. The van der Waals surface area contributed by atoms with Crippen LogP contribution in [-0.4, -0.2) is 29.7 Å². The number of methoxy groups -OCH3 is 1. The van der Waals surface area contributed by atoms with E-state index in [1.54, 1.807) is 7.11 Å². The molecule has 2 fully saturated rings. The Morgan fingerprint density at radius 3 is 2.68 bits per heavy atom. The Balaban J connectivity index is 1.59. The lowest BCUT2D eigenvalue weighted by Gasteiger charge is -2.26. The van der Waals surface area contributed by atoms with Crippen molar-refractivity contribution in [2.24, 2.45) is 11.8 Å². The van der Waals surface area contributed by atoms with Gasteiger partial charge in [-0.3, -0.25) is 9.78 Å². The lowest BCUT2D eigenvalue weighted by atomic mass is 10.1. The largest absolute Gasteiger partial charge is 0.481 e. The molecule has 0 bridgehead atoms. The Morgan fingerprint density at radius 2 is 2.07 bits per heavy atom. The van der Waals surface area contributed by atoms with Gasteiger partial charge in [0.15, 0.2) is 0 Å². The lowest BCUT2D eigenvalue weighted by molar-refractivity contribution is -0.138. The number of anilines is 1. The molecule has 0 spiro atoms. The van der Waals surface area contributed by atoms with Crippen LogP contribution in [0.4, 0.5) is 5.69 Å². The number of aromatic nitrogens is 1. The van der Waals surface area contributed by atoms with Crippen LogP contribution in [-0.2, 0) is 22.7 Å². The van der Waals surface area contributed by atoms with Crippen LogP contribution in [0, 0.1) is 11.8 Å². The van der Waals surface area contributed by atoms with E-state index < -0.39 is 5.97 Å². The van der Waals surface area contributed by atoms with Crippen LogP contribution in [0.2, 0.25) is 5.02 Å². The fraction of sp³-hybridized carbons (Fsp3) is 0.455. The minimum Gasteiger partial charge on any atom is -0.481 e. The number of ether oxygens (including phenoxy) is 1. The molecule has 2 saturated carbocycles. The molecule has 5 nitrogen and oxygen atoms in total. The molecule has 2 aromatic rings. The monoisotopic (exact) mass is 400 g/mol. The molecule has 1 N–H and O–H groups in total. The quantitative estimate of drug-likeness (QED) is 0.672. The molecule has 2 aliphatic carbocycles. The molecule has 2 atom stereocenters. The van der Waals surface area contributed by atoms with Gasteiger partial charge < -0.3 is 14.7 Å². The maximum atomic E-state index is 11.3. The maximum Gasteiger partial charge on any atom is 0.307 e. The zero-order chi connectivity index (χ0) is 19.7. The van der Waals surface area contributed by atoms with Gasteiger partial charge in [-0.25, -0.2) is 0 Å². The minimum absolute atomic E-state index is 0.00449. The fourth-order valence-corrected chi connectivity index (χ4v) is 3.87. The first kappa shape index (κ1) is 19.2. The van der Waals surface area contributed by atoms with Crippen molar-refractivity contribution in [1.82, 2.24) is 4.98 Å². The third-order valence-electron chi connectivity index (χ3n) is 5.57. The van der Waals surface area contributed by atoms with Crippen molar-refractivity contribution in [2.75, 3.05) is 18.6 Å². The molecule has 148 valence electrons. The van der Waals surface area contributed by atoms with Gasteiger partial charge in [-0.05, 0) is 48.9 Å². The van der Waals surface area contributed by atoms with Crippen LogP contribution >= 0.6 is 11.6 Å². The van der Waals surface area contributed by atoms with Crippen molar-refractivity contribution >= 4 is 23.3 Å². The molecule has 1 heterocycles. The number of pyridine rings is 1. The second kappa shape index (κ2) is 8.10. The molecule has 0 radical (unpaired) electrons. The third kappa shape index (κ3) is 4.47. The molecule has 1 aromatic carbocycles. The Morgan fingerprint density at radius 1 is 1.32 bits per heavy atom. The van der Waals surface area contributed by atoms with Crippen LogP contribution in [0.3, 0.4) is 0 Å². The Bertz CT molecular complexity index is 851. The number of halogens is 1. The number of nitrogens with zero attached hydrogens (tertiary/aromatic N) is 2. The van der Waals surface area contributed by atoms with Crippen molar-refractivity contribution in [3.05, 3.63) is 58.4 Å². The number of carbonyl (C=O) groups is 1. The Hall–Kier alpha value is -2.11. The van der Waals surface area contributed by atoms with Gasteiger partial charge in [-0.1, -0.05) is 23.7 Å². The third-order valence-corrected chi connectivity index (χ3v) is 5.83. The summed E-state index contributed by atoms with van der Waals surface area (Å²) in [5.41, 5.74) is 4.13. The van der Waals surface area contributed by atoms with Crippen LogP contribution in [0.5, 0.6) is 0 Å². The second-order valence-corrected chi connectivity index (χ2v) is 8.34. The predicted molar refractivity (Wildman–Crippen MR) is 109 cm³/mol. The number of hydrogen-bond acceptors (Lipinski definition) is 4. The van der Waals surface area contributed by atoms with E-state index in [0.29, 0.717) is 13.0 Å². The highest BCUT2D eigenvalue weighted by Crippen LogP contribution is 2.48. The van der Waals surface area contributed by atoms with Crippen LogP contribution in [0.25, 0.3) is 0 Å². The predicted octanol–water partition coefficient (Wildman–Crippen LogP) is 4.49. The number of carboxylic acid groups (broad SMARTS) is 1. The van der Waals surface area contributed by atoms with E-state index in [-0.39, 0.29) is 11.8 Å². The standard InChI is InChI=1S/C22H25ClN2O3/c1-28-13-16-8-18(10-24-21(16)19-9-20(19)22(26)27)25(11-14-2-3-14)12-15-4-6-17(23)7-5-15/h4-8,10,14,19-20H,2-3,9,11-13H2,1H3,(H,26,27). The van der Waals surface area contributed by atoms with E-state index in [0.717, 1.165) is 41.0 Å². The van der Waals surface area contributed by atoms with Gasteiger partial charge in [0, 0.05) is 42.4 Å². The molecular weight excluding hydrogens is 376 g/mol. The minimum atomic E-state index is -0.739. The van der Waals surface area contributed by atoms with E-state index in [4.69, 9.17) is 21.3 Å². The number of rotatable bonds is 9. The smallest absolute Gasteiger partial charge is 0.307 e. The normalized spacial score (nSPS) is 20.8. The summed E-state index contributed by atoms with van der Waals surface area (Å²) in [4.78, 5) is 18.3. The summed E-state index contributed by atoms with van der Waals surface area (Å²) >= 11 is 6.02. The molecular formula is C22H25ClN2O3. The molecule has 2 aliphatic rings. The van der Waals surface area contributed by atoms with E-state index in [1.165, 1.54) is 18.4 Å². The summed E-state index contributed by atoms with van der Waals surface area (Å²) < 4.78 is 5.38. The van der Waals surface area contributed by atoms with Gasteiger partial charge in [-0.2, -0.15) is 0 Å². The van der Waals surface area contributed by atoms with Gasteiger partial charge in [-0.15, -0.1) is 0 Å². The Labute approximate surface area is 170 Å². The molecule has 0 saturated heterocycles.